The number of para-hydroxylation sites is 1. The predicted octanol–water partition coefficient (Wildman–Crippen LogP) is 2.52. The number of aryl methyl sites for hydroxylation is 1. The molecule has 162 valence electrons. The van der Waals surface area contributed by atoms with E-state index in [-0.39, 0.29) is 34.6 Å². The summed E-state index contributed by atoms with van der Waals surface area (Å²) in [5.74, 6) is -0.216. The summed E-state index contributed by atoms with van der Waals surface area (Å²) in [7, 11) is -0.175. The molecule has 0 spiro atoms. The first kappa shape index (κ1) is 21.9. The molecule has 1 aromatic heterocycles. The van der Waals surface area contributed by atoms with Crippen LogP contribution in [0.15, 0.2) is 24.3 Å². The van der Waals surface area contributed by atoms with Crippen molar-refractivity contribution in [2.75, 3.05) is 32.3 Å². The molecule has 9 heteroatoms. The summed E-state index contributed by atoms with van der Waals surface area (Å²) >= 11 is 0. The number of ketones is 1. The number of Topliss-reactive ketones (excluding diaryl/α,β-unsaturated/α-hetero) is 1. The summed E-state index contributed by atoms with van der Waals surface area (Å²) in [5.41, 5.74) is 2.06. The first-order valence-electron chi connectivity index (χ1n) is 9.48. The van der Waals surface area contributed by atoms with Gasteiger partial charge in [-0.25, -0.2) is 13.2 Å². The molecule has 0 N–H and O–H groups in total. The molecule has 2 heterocycles. The third kappa shape index (κ3) is 4.21. The van der Waals surface area contributed by atoms with E-state index < -0.39 is 22.4 Å². The van der Waals surface area contributed by atoms with Crippen molar-refractivity contribution in [2.45, 2.75) is 26.3 Å². The summed E-state index contributed by atoms with van der Waals surface area (Å²) in [6.07, 6.45) is 0.525. The smallest absolute Gasteiger partial charge is 0.342 e. The van der Waals surface area contributed by atoms with Gasteiger partial charge in [0.15, 0.2) is 27.9 Å². The van der Waals surface area contributed by atoms with Crippen molar-refractivity contribution in [2.24, 2.45) is 0 Å². The van der Waals surface area contributed by atoms with E-state index in [1.165, 1.54) is 20.3 Å². The number of esters is 1. The standard InChI is InChI=1S/C21H25NO7S/c1-13-10-17(14(2)22(13)15-8-9-30(25,26)12-15)18(23)11-29-21(24)16-6-5-7-19(27-3)20(16)28-4/h5-7,10,15H,8-9,11-12H2,1-4H3. The van der Waals surface area contributed by atoms with Crippen molar-refractivity contribution < 1.29 is 32.2 Å². The van der Waals surface area contributed by atoms with Crippen LogP contribution in [0.25, 0.3) is 0 Å². The second-order valence-corrected chi connectivity index (χ2v) is 9.48. The molecule has 3 rings (SSSR count). The molecule has 1 aliphatic rings. The number of ether oxygens (including phenoxy) is 3. The maximum absolute atomic E-state index is 12.7. The Balaban J connectivity index is 1.75. The van der Waals surface area contributed by atoms with Crippen LogP contribution in [0.3, 0.4) is 0 Å². The van der Waals surface area contributed by atoms with Crippen LogP contribution < -0.4 is 9.47 Å². The number of sulfone groups is 1. The van der Waals surface area contributed by atoms with E-state index in [1.807, 2.05) is 11.5 Å². The van der Waals surface area contributed by atoms with E-state index in [0.29, 0.717) is 23.4 Å². The minimum atomic E-state index is -3.05. The summed E-state index contributed by atoms with van der Waals surface area (Å²) in [6.45, 7) is 3.17. The second-order valence-electron chi connectivity index (χ2n) is 7.25. The Morgan fingerprint density at radius 2 is 1.87 bits per heavy atom. The zero-order chi connectivity index (χ0) is 22.1. The first-order valence-corrected chi connectivity index (χ1v) is 11.3. The summed E-state index contributed by atoms with van der Waals surface area (Å²) in [4.78, 5) is 25.2. The van der Waals surface area contributed by atoms with Gasteiger partial charge in [-0.15, -0.1) is 0 Å². The van der Waals surface area contributed by atoms with Gasteiger partial charge in [0.05, 0.1) is 25.7 Å². The molecule has 0 amide bonds. The van der Waals surface area contributed by atoms with Crippen molar-refractivity contribution in [1.82, 2.24) is 4.57 Å². The van der Waals surface area contributed by atoms with Crippen molar-refractivity contribution in [3.8, 4) is 11.5 Å². The van der Waals surface area contributed by atoms with E-state index in [1.54, 1.807) is 25.1 Å². The van der Waals surface area contributed by atoms with Gasteiger partial charge in [0, 0.05) is 23.0 Å². The molecule has 30 heavy (non-hydrogen) atoms. The highest BCUT2D eigenvalue weighted by atomic mass is 32.2. The van der Waals surface area contributed by atoms with Gasteiger partial charge in [0.2, 0.25) is 5.78 Å². The number of carbonyl (C=O) groups is 2. The third-order valence-corrected chi connectivity index (χ3v) is 7.07. The topological polar surface area (TPSA) is 101 Å². The molecule has 1 saturated heterocycles. The van der Waals surface area contributed by atoms with E-state index >= 15 is 0 Å². The average Bonchev–Trinajstić information content (AvgIpc) is 3.22. The highest BCUT2D eigenvalue weighted by Gasteiger charge is 2.32. The normalized spacial score (nSPS) is 17.5. The van der Waals surface area contributed by atoms with Crippen LogP contribution in [0, 0.1) is 13.8 Å². The first-order chi connectivity index (χ1) is 14.2. The molecule has 1 aliphatic heterocycles. The van der Waals surface area contributed by atoms with Gasteiger partial charge in [0.25, 0.3) is 0 Å². The van der Waals surface area contributed by atoms with Gasteiger partial charge in [-0.2, -0.15) is 0 Å². The molecule has 0 saturated carbocycles. The molecule has 2 aromatic rings. The maximum Gasteiger partial charge on any atom is 0.342 e. The van der Waals surface area contributed by atoms with Crippen LogP contribution >= 0.6 is 0 Å². The highest BCUT2D eigenvalue weighted by Crippen LogP contribution is 2.32. The molecule has 0 bridgehead atoms. The minimum absolute atomic E-state index is 0.0710. The summed E-state index contributed by atoms with van der Waals surface area (Å²) in [5, 5.41) is 0. The molecule has 1 fully saturated rings. The SMILES string of the molecule is COc1cccc(C(=O)OCC(=O)c2cc(C)n(C3CCS(=O)(=O)C3)c2C)c1OC. The van der Waals surface area contributed by atoms with Crippen LogP contribution in [0.1, 0.15) is 44.6 Å². The van der Waals surface area contributed by atoms with Crippen LogP contribution in [0.5, 0.6) is 11.5 Å². The lowest BCUT2D eigenvalue weighted by Crippen LogP contribution is -2.17. The Morgan fingerprint density at radius 1 is 1.13 bits per heavy atom. The van der Waals surface area contributed by atoms with Crippen LogP contribution in [-0.2, 0) is 14.6 Å². The number of rotatable bonds is 7. The highest BCUT2D eigenvalue weighted by molar-refractivity contribution is 7.91. The number of hydrogen-bond acceptors (Lipinski definition) is 7. The maximum atomic E-state index is 12.7. The second kappa shape index (κ2) is 8.51. The monoisotopic (exact) mass is 435 g/mol. The van der Waals surface area contributed by atoms with Crippen LogP contribution in [0.4, 0.5) is 0 Å². The van der Waals surface area contributed by atoms with Crippen molar-refractivity contribution in [3.63, 3.8) is 0 Å². The molecular weight excluding hydrogens is 410 g/mol. The largest absolute Gasteiger partial charge is 0.493 e. The fraction of sp³-hybridized carbons (Fsp3) is 0.429. The zero-order valence-corrected chi connectivity index (χ0v) is 18.2. The quantitative estimate of drug-likeness (QED) is 0.486. The molecule has 1 unspecified atom stereocenters. The Hall–Kier alpha value is -2.81. The van der Waals surface area contributed by atoms with Crippen molar-refractivity contribution in [1.29, 1.82) is 0 Å². The minimum Gasteiger partial charge on any atom is -0.493 e. The zero-order valence-electron chi connectivity index (χ0n) is 17.4. The molecular formula is C21H25NO7S. The van der Waals surface area contributed by atoms with E-state index in [9.17, 15) is 18.0 Å². The summed E-state index contributed by atoms with van der Waals surface area (Å²) in [6, 6.07) is 6.34. The van der Waals surface area contributed by atoms with Gasteiger partial charge in [-0.05, 0) is 38.5 Å². The van der Waals surface area contributed by atoms with E-state index in [4.69, 9.17) is 14.2 Å². The Morgan fingerprint density at radius 3 is 2.47 bits per heavy atom. The summed E-state index contributed by atoms with van der Waals surface area (Å²) < 4.78 is 41.2. The molecule has 0 aliphatic carbocycles. The fourth-order valence-electron chi connectivity index (χ4n) is 3.93. The molecule has 1 aromatic carbocycles. The number of aromatic nitrogens is 1. The Labute approximate surface area is 175 Å². The fourth-order valence-corrected chi connectivity index (χ4v) is 5.63. The number of benzene rings is 1. The van der Waals surface area contributed by atoms with E-state index in [2.05, 4.69) is 0 Å². The van der Waals surface area contributed by atoms with E-state index in [0.717, 1.165) is 5.69 Å². The van der Waals surface area contributed by atoms with Crippen LogP contribution in [-0.4, -0.2) is 57.1 Å². The third-order valence-electron chi connectivity index (χ3n) is 5.32. The lowest BCUT2D eigenvalue weighted by Gasteiger charge is -2.16. The van der Waals surface area contributed by atoms with Gasteiger partial charge in [0.1, 0.15) is 5.56 Å². The van der Waals surface area contributed by atoms with Gasteiger partial charge < -0.3 is 18.8 Å². The lowest BCUT2D eigenvalue weighted by molar-refractivity contribution is 0.0470. The Kier molecular flexibility index (Phi) is 6.21. The molecule has 0 radical (unpaired) electrons. The lowest BCUT2D eigenvalue weighted by atomic mass is 10.1. The predicted molar refractivity (Wildman–Crippen MR) is 110 cm³/mol. The number of carbonyl (C=O) groups excluding carboxylic acids is 2. The van der Waals surface area contributed by atoms with Gasteiger partial charge >= 0.3 is 5.97 Å². The van der Waals surface area contributed by atoms with Crippen molar-refractivity contribution in [3.05, 3.63) is 46.8 Å². The van der Waals surface area contributed by atoms with Gasteiger partial charge in [-0.1, -0.05) is 6.07 Å². The van der Waals surface area contributed by atoms with Gasteiger partial charge in [-0.3, -0.25) is 4.79 Å². The Bertz CT molecular complexity index is 1090. The van der Waals surface area contributed by atoms with Crippen molar-refractivity contribution >= 4 is 21.6 Å². The molecule has 8 nitrogen and oxygen atoms in total. The average molecular weight is 435 g/mol. The molecule has 1 atom stereocenters. The number of methoxy groups -OCH3 is 2. The number of nitrogens with zero attached hydrogens (tertiary/aromatic N) is 1. The number of hydrogen-bond donors (Lipinski definition) is 0. The van der Waals surface area contributed by atoms with Crippen LogP contribution in [0.2, 0.25) is 0 Å².